The Morgan fingerprint density at radius 1 is 0.833 bits per heavy atom. The molecule has 0 aliphatic carbocycles. The maximum absolute atomic E-state index is 5.97. The minimum absolute atomic E-state index is 0.423. The van der Waals surface area contributed by atoms with Gasteiger partial charge in [0, 0.05) is 11.8 Å². The van der Waals surface area contributed by atoms with Gasteiger partial charge in [-0.2, -0.15) is 0 Å². The van der Waals surface area contributed by atoms with Crippen molar-refractivity contribution in [3.05, 3.63) is 113 Å². The minimum Gasteiger partial charge on any atom is -0.487 e. The molecule has 182 valence electrons. The minimum atomic E-state index is 0.423. The summed E-state index contributed by atoms with van der Waals surface area (Å²) in [5.74, 6) is 2.13. The van der Waals surface area contributed by atoms with Crippen molar-refractivity contribution in [3.8, 4) is 5.75 Å². The average Bonchev–Trinajstić information content (AvgIpc) is 3.45. The Labute approximate surface area is 211 Å². The highest BCUT2D eigenvalue weighted by Gasteiger charge is 2.12. The van der Waals surface area contributed by atoms with Crippen LogP contribution in [0.25, 0.3) is 10.9 Å². The van der Waals surface area contributed by atoms with Gasteiger partial charge in [-0.3, -0.25) is 0 Å². The number of rotatable bonds is 11. The molecule has 5 aromatic rings. The van der Waals surface area contributed by atoms with E-state index in [0.717, 1.165) is 60.3 Å². The lowest BCUT2D eigenvalue weighted by Gasteiger charge is -2.14. The van der Waals surface area contributed by atoms with Crippen molar-refractivity contribution in [3.63, 3.8) is 0 Å². The van der Waals surface area contributed by atoms with Crippen LogP contribution >= 0.6 is 0 Å². The lowest BCUT2D eigenvalue weighted by atomic mass is 9.91. The summed E-state index contributed by atoms with van der Waals surface area (Å²) in [6, 6.07) is 29.7. The lowest BCUT2D eigenvalue weighted by molar-refractivity contribution is 0.301. The summed E-state index contributed by atoms with van der Waals surface area (Å²) in [5, 5.41) is 15.4. The summed E-state index contributed by atoms with van der Waals surface area (Å²) in [6.07, 6.45) is 5.11. The standard InChI is InChI=1S/C30H31N5O/c1-2-24(20-30-32-34-35-33-30)25-14-10-22(11-15-25)6-5-7-23-12-18-28(19-13-23)36-21-27-17-16-26-8-3-4-9-29(26)31-27/h3-4,8-19,24H,2,5-7,20-21H2,1H3,(H,32,33,34,35). The number of fused-ring (bicyclic) bond motifs is 1. The third-order valence-corrected chi connectivity index (χ3v) is 6.67. The van der Waals surface area contributed by atoms with Gasteiger partial charge in [-0.1, -0.05) is 67.6 Å². The van der Waals surface area contributed by atoms with Crippen molar-refractivity contribution in [2.45, 2.75) is 51.6 Å². The zero-order valence-electron chi connectivity index (χ0n) is 20.6. The van der Waals surface area contributed by atoms with E-state index in [0.29, 0.717) is 12.5 Å². The smallest absolute Gasteiger partial charge is 0.149 e. The molecule has 0 fully saturated rings. The first-order valence-electron chi connectivity index (χ1n) is 12.6. The van der Waals surface area contributed by atoms with Gasteiger partial charge in [0.05, 0.1) is 11.2 Å². The van der Waals surface area contributed by atoms with Crippen LogP contribution in [0.5, 0.6) is 5.75 Å². The first-order chi connectivity index (χ1) is 17.8. The van der Waals surface area contributed by atoms with E-state index in [1.807, 2.05) is 24.3 Å². The van der Waals surface area contributed by atoms with E-state index in [9.17, 15) is 0 Å². The SMILES string of the molecule is CCC(Cc1nnn[nH]1)c1ccc(CCCc2ccc(OCc3ccc4ccccc4n3)cc2)cc1. The molecule has 36 heavy (non-hydrogen) atoms. The van der Waals surface area contributed by atoms with Gasteiger partial charge in [0.2, 0.25) is 0 Å². The van der Waals surface area contributed by atoms with E-state index < -0.39 is 0 Å². The Balaban J connectivity index is 1.08. The Bertz CT molecular complexity index is 1370. The average molecular weight is 478 g/mol. The molecule has 0 bridgehead atoms. The van der Waals surface area contributed by atoms with Gasteiger partial charge >= 0.3 is 0 Å². The van der Waals surface area contributed by atoms with E-state index in [4.69, 9.17) is 4.74 Å². The van der Waals surface area contributed by atoms with Gasteiger partial charge in [0.15, 0.2) is 0 Å². The quantitative estimate of drug-likeness (QED) is 0.244. The summed E-state index contributed by atoms with van der Waals surface area (Å²) < 4.78 is 5.97. The predicted molar refractivity (Wildman–Crippen MR) is 142 cm³/mol. The van der Waals surface area contributed by atoms with E-state index in [-0.39, 0.29) is 0 Å². The molecule has 2 heterocycles. The molecule has 0 aliphatic rings. The van der Waals surface area contributed by atoms with Gasteiger partial charge < -0.3 is 4.74 Å². The molecular formula is C30H31N5O. The Kier molecular flexibility index (Phi) is 7.61. The highest BCUT2D eigenvalue weighted by atomic mass is 16.5. The summed E-state index contributed by atoms with van der Waals surface area (Å²) in [5.41, 5.74) is 5.97. The molecule has 1 unspecified atom stereocenters. The highest BCUT2D eigenvalue weighted by molar-refractivity contribution is 5.78. The molecule has 0 radical (unpaired) electrons. The zero-order chi connectivity index (χ0) is 24.6. The van der Waals surface area contributed by atoms with Crippen molar-refractivity contribution in [2.24, 2.45) is 0 Å². The molecule has 6 nitrogen and oxygen atoms in total. The second-order valence-corrected chi connectivity index (χ2v) is 9.18. The number of nitrogens with zero attached hydrogens (tertiary/aromatic N) is 4. The number of hydrogen-bond donors (Lipinski definition) is 1. The van der Waals surface area contributed by atoms with Crippen molar-refractivity contribution in [1.29, 1.82) is 0 Å². The second kappa shape index (κ2) is 11.6. The molecule has 0 amide bonds. The Morgan fingerprint density at radius 3 is 2.31 bits per heavy atom. The number of benzene rings is 3. The zero-order valence-corrected chi connectivity index (χ0v) is 20.6. The number of aromatic nitrogens is 5. The maximum Gasteiger partial charge on any atom is 0.149 e. The van der Waals surface area contributed by atoms with Crippen molar-refractivity contribution < 1.29 is 4.74 Å². The summed E-state index contributed by atoms with van der Waals surface area (Å²) in [4.78, 5) is 4.68. The molecule has 5 rings (SSSR count). The van der Waals surface area contributed by atoms with Crippen LogP contribution in [0.2, 0.25) is 0 Å². The normalized spacial score (nSPS) is 12.0. The van der Waals surface area contributed by atoms with Crippen LogP contribution in [0.3, 0.4) is 0 Å². The predicted octanol–water partition coefficient (Wildman–Crippen LogP) is 6.24. The largest absolute Gasteiger partial charge is 0.487 e. The summed E-state index contributed by atoms with van der Waals surface area (Å²) in [7, 11) is 0. The van der Waals surface area contributed by atoms with Crippen LogP contribution in [-0.2, 0) is 25.9 Å². The third-order valence-electron chi connectivity index (χ3n) is 6.67. The summed E-state index contributed by atoms with van der Waals surface area (Å²) in [6.45, 7) is 2.67. The second-order valence-electron chi connectivity index (χ2n) is 9.18. The number of ether oxygens (including phenoxy) is 1. The number of para-hydroxylation sites is 1. The van der Waals surface area contributed by atoms with Gasteiger partial charge in [0.1, 0.15) is 18.2 Å². The number of aryl methyl sites for hydroxylation is 2. The van der Waals surface area contributed by atoms with E-state index >= 15 is 0 Å². The van der Waals surface area contributed by atoms with Crippen LogP contribution in [-0.4, -0.2) is 25.6 Å². The molecule has 0 spiro atoms. The Morgan fingerprint density at radius 2 is 1.58 bits per heavy atom. The number of H-pyrrole nitrogens is 1. The summed E-state index contributed by atoms with van der Waals surface area (Å²) >= 11 is 0. The molecule has 6 heteroatoms. The number of nitrogens with one attached hydrogen (secondary N) is 1. The van der Waals surface area contributed by atoms with Gasteiger partial charge in [-0.15, -0.1) is 5.10 Å². The van der Waals surface area contributed by atoms with E-state index in [1.54, 1.807) is 0 Å². The molecule has 3 aromatic carbocycles. The van der Waals surface area contributed by atoms with Crippen LogP contribution in [0.4, 0.5) is 0 Å². The van der Waals surface area contributed by atoms with Crippen LogP contribution < -0.4 is 4.74 Å². The van der Waals surface area contributed by atoms with Crippen molar-refractivity contribution in [2.75, 3.05) is 0 Å². The first-order valence-corrected chi connectivity index (χ1v) is 12.6. The van der Waals surface area contributed by atoms with Crippen LogP contribution in [0.15, 0.2) is 84.9 Å². The molecule has 0 saturated carbocycles. The lowest BCUT2D eigenvalue weighted by Crippen LogP contribution is -2.04. The topological polar surface area (TPSA) is 76.6 Å². The fourth-order valence-electron chi connectivity index (χ4n) is 4.55. The molecule has 0 aliphatic heterocycles. The van der Waals surface area contributed by atoms with Gasteiger partial charge in [-0.25, -0.2) is 10.1 Å². The fourth-order valence-corrected chi connectivity index (χ4v) is 4.55. The fraction of sp³-hybridized carbons (Fsp3) is 0.267. The molecular weight excluding hydrogens is 446 g/mol. The monoisotopic (exact) mass is 477 g/mol. The van der Waals surface area contributed by atoms with Crippen molar-refractivity contribution in [1.82, 2.24) is 25.6 Å². The Hall–Kier alpha value is -4.06. The maximum atomic E-state index is 5.97. The van der Waals surface area contributed by atoms with Crippen molar-refractivity contribution >= 4 is 10.9 Å². The highest BCUT2D eigenvalue weighted by Crippen LogP contribution is 2.24. The third kappa shape index (κ3) is 6.13. The molecule has 1 atom stereocenters. The van der Waals surface area contributed by atoms with E-state index in [1.165, 1.54) is 16.7 Å². The first kappa shape index (κ1) is 23.7. The van der Waals surface area contributed by atoms with Gasteiger partial charge in [-0.05, 0) is 83.0 Å². The van der Waals surface area contributed by atoms with E-state index in [2.05, 4.69) is 93.2 Å². The van der Waals surface area contributed by atoms with Gasteiger partial charge in [0.25, 0.3) is 0 Å². The molecule has 1 N–H and O–H groups in total. The number of tetrazole rings is 1. The molecule has 2 aromatic heterocycles. The van der Waals surface area contributed by atoms with Crippen LogP contribution in [0.1, 0.15) is 53.9 Å². The van der Waals surface area contributed by atoms with Crippen LogP contribution in [0, 0.1) is 0 Å². The number of aromatic amines is 1. The molecule has 0 saturated heterocycles. The number of hydrogen-bond acceptors (Lipinski definition) is 5. The number of pyridine rings is 1.